The molecule has 0 aromatic carbocycles. The van der Waals surface area contributed by atoms with Crippen LogP contribution in [0, 0.1) is 0 Å². The summed E-state index contributed by atoms with van der Waals surface area (Å²) in [5.74, 6) is 0.831. The number of carbonyl (C=O) groups is 1. The quantitative estimate of drug-likeness (QED) is 0.624. The van der Waals surface area contributed by atoms with E-state index in [9.17, 15) is 4.79 Å². The summed E-state index contributed by atoms with van der Waals surface area (Å²) in [4.78, 5) is 10.8. The lowest BCUT2D eigenvalue weighted by atomic mass is 10.3. The third kappa shape index (κ3) is 1.87. The van der Waals surface area contributed by atoms with Gasteiger partial charge in [0.1, 0.15) is 0 Å². The molecule has 1 aliphatic heterocycles. The number of rotatable bonds is 2. The Morgan fingerprint density at radius 1 is 1.82 bits per heavy atom. The average Bonchev–Trinajstić information content (AvgIpc) is 2.38. The largest absolute Gasteiger partial charge is 0.464 e. The third-order valence-electron chi connectivity index (χ3n) is 1.62. The van der Waals surface area contributed by atoms with Crippen molar-refractivity contribution in [3.63, 3.8) is 0 Å². The highest BCUT2D eigenvalue weighted by molar-refractivity contribution is 8.01. The second kappa shape index (κ2) is 3.45. The van der Waals surface area contributed by atoms with Crippen LogP contribution in [-0.4, -0.2) is 29.7 Å². The minimum atomic E-state index is -0.490. The number of esters is 1. The van der Waals surface area contributed by atoms with Gasteiger partial charge in [0, 0.05) is 12.3 Å². The topological polar surface area (TPSA) is 38.3 Å². The molecule has 0 bridgehead atoms. The molecule has 0 radical (unpaired) electrons. The van der Waals surface area contributed by atoms with Gasteiger partial charge in [0.15, 0.2) is 4.87 Å². The van der Waals surface area contributed by atoms with Crippen LogP contribution < -0.4 is 5.32 Å². The lowest BCUT2D eigenvalue weighted by molar-refractivity contribution is -0.146. The molecular weight excluding hydrogens is 162 g/mol. The van der Waals surface area contributed by atoms with Gasteiger partial charge in [-0.25, -0.2) is 4.79 Å². The van der Waals surface area contributed by atoms with E-state index < -0.39 is 4.87 Å². The number of nitrogens with one attached hydrogen (secondary N) is 1. The van der Waals surface area contributed by atoms with Crippen molar-refractivity contribution in [1.82, 2.24) is 5.32 Å². The average molecular weight is 175 g/mol. The van der Waals surface area contributed by atoms with Crippen LogP contribution in [0.25, 0.3) is 0 Å². The first-order chi connectivity index (χ1) is 5.19. The van der Waals surface area contributed by atoms with Crippen molar-refractivity contribution in [2.75, 3.05) is 18.9 Å². The fourth-order valence-electron chi connectivity index (χ4n) is 0.996. The molecule has 0 amide bonds. The normalized spacial score (nSPS) is 30.4. The molecule has 3 nitrogen and oxygen atoms in total. The first kappa shape index (κ1) is 8.87. The van der Waals surface area contributed by atoms with Crippen LogP contribution in [0.1, 0.15) is 13.8 Å². The smallest absolute Gasteiger partial charge is 0.336 e. The monoisotopic (exact) mass is 175 g/mol. The molecule has 1 heterocycles. The van der Waals surface area contributed by atoms with Crippen LogP contribution in [0.5, 0.6) is 0 Å². The Kier molecular flexibility index (Phi) is 2.78. The second-order valence-electron chi connectivity index (χ2n) is 2.53. The van der Waals surface area contributed by atoms with Gasteiger partial charge >= 0.3 is 5.97 Å². The summed E-state index contributed by atoms with van der Waals surface area (Å²) < 4.78 is 4.91. The zero-order valence-corrected chi connectivity index (χ0v) is 7.66. The van der Waals surface area contributed by atoms with E-state index in [1.165, 1.54) is 0 Å². The molecule has 0 aromatic heterocycles. The lowest BCUT2D eigenvalue weighted by Crippen LogP contribution is -2.43. The Bertz CT molecular complexity index is 155. The highest BCUT2D eigenvalue weighted by atomic mass is 32.2. The molecule has 64 valence electrons. The van der Waals surface area contributed by atoms with Gasteiger partial charge in [0.25, 0.3) is 0 Å². The maximum absolute atomic E-state index is 11.3. The first-order valence-corrected chi connectivity index (χ1v) is 4.74. The standard InChI is InChI=1S/C7H13NO2S/c1-3-10-6(9)7(2)8-4-5-11-7/h8H,3-5H2,1-2H3/t7-/m1/s1. The second-order valence-corrected chi connectivity index (χ2v) is 4.04. The maximum atomic E-state index is 11.3. The van der Waals surface area contributed by atoms with Gasteiger partial charge in [-0.1, -0.05) is 0 Å². The Morgan fingerprint density at radius 2 is 2.55 bits per heavy atom. The first-order valence-electron chi connectivity index (χ1n) is 3.75. The molecule has 0 aliphatic carbocycles. The number of ether oxygens (including phenoxy) is 1. The highest BCUT2D eigenvalue weighted by Gasteiger charge is 2.38. The number of hydrogen-bond acceptors (Lipinski definition) is 4. The van der Waals surface area contributed by atoms with Crippen LogP contribution in [-0.2, 0) is 9.53 Å². The van der Waals surface area contributed by atoms with Crippen molar-refractivity contribution in [3.05, 3.63) is 0 Å². The molecule has 0 aromatic rings. The van der Waals surface area contributed by atoms with E-state index in [4.69, 9.17) is 4.74 Å². The van der Waals surface area contributed by atoms with Crippen LogP contribution >= 0.6 is 11.8 Å². The van der Waals surface area contributed by atoms with Crippen molar-refractivity contribution in [2.24, 2.45) is 0 Å². The number of hydrogen-bond donors (Lipinski definition) is 1. The van der Waals surface area contributed by atoms with Crippen molar-refractivity contribution < 1.29 is 9.53 Å². The van der Waals surface area contributed by atoms with Crippen LogP contribution in [0.3, 0.4) is 0 Å². The summed E-state index contributed by atoms with van der Waals surface area (Å²) >= 11 is 1.61. The molecule has 1 fully saturated rings. The summed E-state index contributed by atoms with van der Waals surface area (Å²) in [5.41, 5.74) is 0. The Balaban J connectivity index is 2.49. The molecule has 1 saturated heterocycles. The fraction of sp³-hybridized carbons (Fsp3) is 0.857. The van der Waals surface area contributed by atoms with E-state index in [1.54, 1.807) is 11.8 Å². The molecule has 0 unspecified atom stereocenters. The van der Waals surface area contributed by atoms with Crippen molar-refractivity contribution in [3.8, 4) is 0 Å². The van der Waals surface area contributed by atoms with Gasteiger partial charge in [0.2, 0.25) is 0 Å². The van der Waals surface area contributed by atoms with Gasteiger partial charge < -0.3 is 4.74 Å². The highest BCUT2D eigenvalue weighted by Crippen LogP contribution is 2.27. The lowest BCUT2D eigenvalue weighted by Gasteiger charge is -2.20. The molecule has 11 heavy (non-hydrogen) atoms. The van der Waals surface area contributed by atoms with E-state index in [-0.39, 0.29) is 5.97 Å². The van der Waals surface area contributed by atoms with E-state index in [0.717, 1.165) is 12.3 Å². The molecule has 4 heteroatoms. The Hall–Kier alpha value is -0.220. The Labute approximate surface area is 70.9 Å². The fourth-order valence-corrected chi connectivity index (χ4v) is 1.99. The van der Waals surface area contributed by atoms with E-state index >= 15 is 0 Å². The van der Waals surface area contributed by atoms with Gasteiger partial charge in [-0.3, -0.25) is 5.32 Å². The SMILES string of the molecule is CCOC(=O)[C@]1(C)NCCS1. The minimum absolute atomic E-state index is 0.150. The molecule has 1 rings (SSSR count). The summed E-state index contributed by atoms with van der Waals surface area (Å²) in [7, 11) is 0. The minimum Gasteiger partial charge on any atom is -0.464 e. The number of thioether (sulfide) groups is 1. The summed E-state index contributed by atoms with van der Waals surface area (Å²) in [6.07, 6.45) is 0. The Morgan fingerprint density at radius 3 is 3.00 bits per heavy atom. The predicted molar refractivity (Wildman–Crippen MR) is 45.5 cm³/mol. The van der Waals surface area contributed by atoms with Gasteiger partial charge in [-0.05, 0) is 13.8 Å². The predicted octanol–water partition coefficient (Wildman–Crippen LogP) is 0.602. The molecule has 0 saturated carbocycles. The van der Waals surface area contributed by atoms with Gasteiger partial charge in [-0.2, -0.15) is 0 Å². The summed E-state index contributed by atoms with van der Waals surface area (Å²) in [6.45, 7) is 5.03. The van der Waals surface area contributed by atoms with E-state index in [2.05, 4.69) is 5.32 Å². The van der Waals surface area contributed by atoms with E-state index in [1.807, 2.05) is 13.8 Å². The summed E-state index contributed by atoms with van der Waals surface area (Å²) in [6, 6.07) is 0. The molecule has 1 aliphatic rings. The summed E-state index contributed by atoms with van der Waals surface area (Å²) in [5, 5.41) is 3.11. The molecule has 1 atom stereocenters. The van der Waals surface area contributed by atoms with Crippen molar-refractivity contribution in [1.29, 1.82) is 0 Å². The zero-order valence-electron chi connectivity index (χ0n) is 6.85. The van der Waals surface area contributed by atoms with Crippen LogP contribution in [0.4, 0.5) is 0 Å². The van der Waals surface area contributed by atoms with Crippen molar-refractivity contribution in [2.45, 2.75) is 18.7 Å². The van der Waals surface area contributed by atoms with Crippen LogP contribution in [0.15, 0.2) is 0 Å². The van der Waals surface area contributed by atoms with E-state index in [0.29, 0.717) is 6.61 Å². The zero-order chi connectivity index (χ0) is 8.32. The third-order valence-corrected chi connectivity index (χ3v) is 2.92. The molecular formula is C7H13NO2S. The molecule has 0 spiro atoms. The maximum Gasteiger partial charge on any atom is 0.336 e. The number of carbonyl (C=O) groups excluding carboxylic acids is 1. The van der Waals surface area contributed by atoms with Crippen LogP contribution in [0.2, 0.25) is 0 Å². The van der Waals surface area contributed by atoms with Gasteiger partial charge in [-0.15, -0.1) is 11.8 Å². The molecule has 1 N–H and O–H groups in total. The van der Waals surface area contributed by atoms with Gasteiger partial charge in [0.05, 0.1) is 6.61 Å². The van der Waals surface area contributed by atoms with Crippen molar-refractivity contribution >= 4 is 17.7 Å².